The van der Waals surface area contributed by atoms with Crippen LogP contribution in [-0.4, -0.2) is 23.7 Å². The van der Waals surface area contributed by atoms with Crippen molar-refractivity contribution in [3.63, 3.8) is 0 Å². The highest BCUT2D eigenvalue weighted by Gasteiger charge is 2.29. The zero-order valence-corrected chi connectivity index (χ0v) is 11.5. The van der Waals surface area contributed by atoms with Crippen molar-refractivity contribution >= 4 is 33.4 Å². The maximum Gasteiger partial charge on any atom is 0.252 e. The van der Waals surface area contributed by atoms with Crippen molar-refractivity contribution < 1.29 is 9.90 Å². The van der Waals surface area contributed by atoms with Crippen LogP contribution in [0.5, 0.6) is 0 Å². The Morgan fingerprint density at radius 2 is 2.29 bits per heavy atom. The second-order valence-electron chi connectivity index (χ2n) is 4.24. The molecule has 92 valence electrons. The monoisotopic (exact) mass is 317 g/mol. The standard InChI is InChI=1S/C12H13BrClNO2/c13-10-4-3-8(14)5-9(10)12(17)15-6-11(16)7-1-2-7/h3-5,7,11,16H,1-2,6H2,(H,15,17). The molecule has 1 fully saturated rings. The van der Waals surface area contributed by atoms with Crippen LogP contribution in [0.15, 0.2) is 22.7 Å². The van der Waals surface area contributed by atoms with Crippen LogP contribution >= 0.6 is 27.5 Å². The van der Waals surface area contributed by atoms with E-state index in [4.69, 9.17) is 11.6 Å². The molecule has 1 aromatic rings. The molecule has 1 aliphatic rings. The molecular formula is C12H13BrClNO2. The molecule has 2 N–H and O–H groups in total. The minimum Gasteiger partial charge on any atom is -0.391 e. The summed E-state index contributed by atoms with van der Waals surface area (Å²) in [4.78, 5) is 11.9. The van der Waals surface area contributed by atoms with Crippen LogP contribution in [0.4, 0.5) is 0 Å². The Balaban J connectivity index is 1.96. The van der Waals surface area contributed by atoms with E-state index < -0.39 is 6.10 Å². The van der Waals surface area contributed by atoms with Gasteiger partial charge in [-0.2, -0.15) is 0 Å². The first-order chi connectivity index (χ1) is 8.08. The van der Waals surface area contributed by atoms with Crippen molar-refractivity contribution in [3.05, 3.63) is 33.3 Å². The van der Waals surface area contributed by atoms with Gasteiger partial charge in [0.15, 0.2) is 0 Å². The van der Waals surface area contributed by atoms with Crippen molar-refractivity contribution in [3.8, 4) is 0 Å². The summed E-state index contributed by atoms with van der Waals surface area (Å²) in [7, 11) is 0. The number of amides is 1. The summed E-state index contributed by atoms with van der Waals surface area (Å²) >= 11 is 9.13. The van der Waals surface area contributed by atoms with E-state index in [1.54, 1.807) is 18.2 Å². The summed E-state index contributed by atoms with van der Waals surface area (Å²) in [5.74, 6) is 0.136. The molecule has 5 heteroatoms. The van der Waals surface area contributed by atoms with Crippen molar-refractivity contribution in [2.24, 2.45) is 5.92 Å². The van der Waals surface area contributed by atoms with Gasteiger partial charge < -0.3 is 10.4 Å². The van der Waals surface area contributed by atoms with Crippen LogP contribution in [-0.2, 0) is 0 Å². The van der Waals surface area contributed by atoms with Gasteiger partial charge in [0.05, 0.1) is 11.7 Å². The lowest BCUT2D eigenvalue weighted by Crippen LogP contribution is -2.33. The predicted octanol–water partition coefficient (Wildman–Crippen LogP) is 2.60. The van der Waals surface area contributed by atoms with Crippen LogP contribution in [0.25, 0.3) is 0 Å². The SMILES string of the molecule is O=C(NCC(O)C1CC1)c1cc(Cl)ccc1Br. The summed E-state index contributed by atoms with van der Waals surface area (Å²) in [6.07, 6.45) is 1.67. The lowest BCUT2D eigenvalue weighted by atomic mass is 10.2. The summed E-state index contributed by atoms with van der Waals surface area (Å²) in [5.41, 5.74) is 0.487. The molecule has 0 radical (unpaired) electrons. The Bertz CT molecular complexity index is 435. The number of hydrogen-bond acceptors (Lipinski definition) is 2. The van der Waals surface area contributed by atoms with E-state index in [2.05, 4.69) is 21.2 Å². The topological polar surface area (TPSA) is 49.3 Å². The molecule has 3 nitrogen and oxygen atoms in total. The number of carbonyl (C=O) groups is 1. The number of halogens is 2. The largest absolute Gasteiger partial charge is 0.391 e. The van der Waals surface area contributed by atoms with E-state index in [-0.39, 0.29) is 5.91 Å². The average Bonchev–Trinajstić information content (AvgIpc) is 3.12. The van der Waals surface area contributed by atoms with Gasteiger partial charge in [0.1, 0.15) is 0 Å². The van der Waals surface area contributed by atoms with Crippen LogP contribution in [0, 0.1) is 5.92 Å². The molecule has 1 aromatic carbocycles. The lowest BCUT2D eigenvalue weighted by Gasteiger charge is -2.11. The third-order valence-corrected chi connectivity index (χ3v) is 3.74. The quantitative estimate of drug-likeness (QED) is 0.896. The Kier molecular flexibility index (Phi) is 4.07. The maximum atomic E-state index is 11.9. The molecule has 1 atom stereocenters. The molecule has 1 aliphatic carbocycles. The Morgan fingerprint density at radius 3 is 2.94 bits per heavy atom. The van der Waals surface area contributed by atoms with Gasteiger partial charge in [0.25, 0.3) is 5.91 Å². The first-order valence-corrected chi connectivity index (χ1v) is 6.66. The summed E-state index contributed by atoms with van der Waals surface area (Å²) in [5, 5.41) is 12.9. The number of nitrogens with one attached hydrogen (secondary N) is 1. The molecule has 0 heterocycles. The maximum absolute atomic E-state index is 11.9. The number of benzene rings is 1. The Labute approximate surface area is 113 Å². The molecule has 0 saturated heterocycles. The predicted molar refractivity (Wildman–Crippen MR) is 70.2 cm³/mol. The third-order valence-electron chi connectivity index (χ3n) is 2.81. The molecule has 0 aliphatic heterocycles. The van der Waals surface area contributed by atoms with Gasteiger partial charge in [-0.25, -0.2) is 0 Å². The summed E-state index contributed by atoms with van der Waals surface area (Å²) in [6, 6.07) is 5.04. The minimum absolute atomic E-state index is 0.223. The zero-order valence-electron chi connectivity index (χ0n) is 9.12. The first kappa shape index (κ1) is 12.9. The van der Waals surface area contributed by atoms with Crippen molar-refractivity contribution in [2.75, 3.05) is 6.54 Å². The van der Waals surface area contributed by atoms with E-state index in [9.17, 15) is 9.90 Å². The van der Waals surface area contributed by atoms with Gasteiger partial charge in [-0.1, -0.05) is 11.6 Å². The molecule has 17 heavy (non-hydrogen) atoms. The number of aliphatic hydroxyl groups is 1. The fourth-order valence-corrected chi connectivity index (χ4v) is 2.21. The molecule has 0 aromatic heterocycles. The summed E-state index contributed by atoms with van der Waals surface area (Å²) < 4.78 is 0.695. The van der Waals surface area contributed by atoms with Crippen LogP contribution in [0.2, 0.25) is 5.02 Å². The highest BCUT2D eigenvalue weighted by atomic mass is 79.9. The van der Waals surface area contributed by atoms with E-state index in [1.165, 1.54) is 0 Å². The fourth-order valence-electron chi connectivity index (χ4n) is 1.61. The molecule has 0 bridgehead atoms. The van der Waals surface area contributed by atoms with Gasteiger partial charge in [-0.05, 0) is 52.9 Å². The number of aliphatic hydroxyl groups excluding tert-OH is 1. The van der Waals surface area contributed by atoms with Crippen LogP contribution in [0.1, 0.15) is 23.2 Å². The molecular weight excluding hydrogens is 305 g/mol. The number of rotatable bonds is 4. The van der Waals surface area contributed by atoms with Crippen molar-refractivity contribution in [1.29, 1.82) is 0 Å². The van der Waals surface area contributed by atoms with Crippen molar-refractivity contribution in [1.82, 2.24) is 5.32 Å². The van der Waals surface area contributed by atoms with Crippen LogP contribution < -0.4 is 5.32 Å². The normalized spacial score (nSPS) is 16.6. The van der Waals surface area contributed by atoms with E-state index in [0.717, 1.165) is 12.8 Å². The second-order valence-corrected chi connectivity index (χ2v) is 5.53. The van der Waals surface area contributed by atoms with Crippen LogP contribution in [0.3, 0.4) is 0 Å². The molecule has 1 saturated carbocycles. The highest BCUT2D eigenvalue weighted by molar-refractivity contribution is 9.10. The summed E-state index contributed by atoms with van der Waals surface area (Å²) in [6.45, 7) is 0.294. The fraction of sp³-hybridized carbons (Fsp3) is 0.417. The molecule has 2 rings (SSSR count). The van der Waals surface area contributed by atoms with Gasteiger partial charge in [-0.3, -0.25) is 4.79 Å². The van der Waals surface area contributed by atoms with E-state index in [0.29, 0.717) is 27.5 Å². The Morgan fingerprint density at radius 1 is 1.59 bits per heavy atom. The highest BCUT2D eigenvalue weighted by Crippen LogP contribution is 2.32. The van der Waals surface area contributed by atoms with Gasteiger partial charge in [0, 0.05) is 16.0 Å². The molecule has 1 unspecified atom stereocenters. The van der Waals surface area contributed by atoms with E-state index >= 15 is 0 Å². The third kappa shape index (κ3) is 3.44. The van der Waals surface area contributed by atoms with E-state index in [1.807, 2.05) is 0 Å². The molecule has 0 spiro atoms. The second kappa shape index (κ2) is 5.38. The first-order valence-electron chi connectivity index (χ1n) is 5.49. The zero-order chi connectivity index (χ0) is 12.4. The average molecular weight is 319 g/mol. The number of hydrogen-bond donors (Lipinski definition) is 2. The van der Waals surface area contributed by atoms with Gasteiger partial charge in [0.2, 0.25) is 0 Å². The Hall–Kier alpha value is -0.580. The smallest absolute Gasteiger partial charge is 0.252 e. The number of carbonyl (C=O) groups excluding carboxylic acids is 1. The molecule has 1 amide bonds. The minimum atomic E-state index is -0.433. The van der Waals surface area contributed by atoms with Crippen molar-refractivity contribution in [2.45, 2.75) is 18.9 Å². The van der Waals surface area contributed by atoms with Gasteiger partial charge in [-0.15, -0.1) is 0 Å². The lowest BCUT2D eigenvalue weighted by molar-refractivity contribution is 0.0900. The van der Waals surface area contributed by atoms with Gasteiger partial charge >= 0.3 is 0 Å².